The van der Waals surface area contributed by atoms with Gasteiger partial charge in [-0.05, 0) is 24.6 Å². The molecule has 0 amide bonds. The summed E-state index contributed by atoms with van der Waals surface area (Å²) in [6, 6.07) is 4.61. The molecule has 0 saturated carbocycles. The molecule has 0 spiro atoms. The molecule has 1 rings (SSSR count). The van der Waals surface area contributed by atoms with Gasteiger partial charge < -0.3 is 4.55 Å². The maximum absolute atomic E-state index is 10.4. The summed E-state index contributed by atoms with van der Waals surface area (Å²) >= 11 is 5.61. The van der Waals surface area contributed by atoms with Crippen LogP contribution in [0.15, 0.2) is 18.2 Å². The fourth-order valence-electron chi connectivity index (χ4n) is 0.839. The van der Waals surface area contributed by atoms with Crippen molar-refractivity contribution in [2.24, 2.45) is 0 Å². The predicted molar refractivity (Wildman–Crippen MR) is 49.5 cm³/mol. The zero-order valence-corrected chi connectivity index (χ0v) is 11.3. The van der Waals surface area contributed by atoms with Gasteiger partial charge in [0.15, 0.2) is 10.3 Å². The third-order valence-corrected chi connectivity index (χ3v) is 2.14. The second kappa shape index (κ2) is 5.34. The molecule has 14 heavy (non-hydrogen) atoms. The minimum Gasteiger partial charge on any atom is -0.731 e. The van der Waals surface area contributed by atoms with Crippen molar-refractivity contribution in [3.05, 3.63) is 28.8 Å². The van der Waals surface area contributed by atoms with E-state index >= 15 is 0 Å². The van der Waals surface area contributed by atoms with Gasteiger partial charge in [0.25, 0.3) is 0 Å². The van der Waals surface area contributed by atoms with Crippen molar-refractivity contribution in [1.82, 2.24) is 0 Å². The molecule has 7 heteroatoms. The van der Waals surface area contributed by atoms with Crippen molar-refractivity contribution in [3.63, 3.8) is 0 Å². The molecule has 4 nitrogen and oxygen atoms in total. The standard InChI is InChI=1S/C7H8ClNO3S.Na/c1-5-2-3-6(8)4-7(5)9-13(10,11)12;/h2-4,9H,1H3,(H,10,11,12);/q;+1/p-1. The molecule has 0 atom stereocenters. The van der Waals surface area contributed by atoms with Gasteiger partial charge in [-0.15, -0.1) is 0 Å². The SMILES string of the molecule is Cc1ccc(Cl)cc1NS(=O)(=O)[O-].[Na+]. The van der Waals surface area contributed by atoms with Crippen molar-refractivity contribution in [1.29, 1.82) is 0 Å². The van der Waals surface area contributed by atoms with Gasteiger partial charge in [-0.2, -0.15) is 0 Å². The molecule has 0 bridgehead atoms. The van der Waals surface area contributed by atoms with E-state index in [1.54, 1.807) is 19.1 Å². The summed E-state index contributed by atoms with van der Waals surface area (Å²) in [4.78, 5) is 0. The summed E-state index contributed by atoms with van der Waals surface area (Å²) in [6.45, 7) is 1.67. The molecule has 0 aliphatic heterocycles. The van der Waals surface area contributed by atoms with Gasteiger partial charge in [-0.3, -0.25) is 4.72 Å². The molecule has 0 radical (unpaired) electrons. The molecule has 0 heterocycles. The van der Waals surface area contributed by atoms with Crippen molar-refractivity contribution < 1.29 is 42.5 Å². The molecule has 0 unspecified atom stereocenters. The second-order valence-electron chi connectivity index (χ2n) is 2.52. The number of aryl methyl sites for hydroxylation is 1. The van der Waals surface area contributed by atoms with E-state index in [2.05, 4.69) is 0 Å². The predicted octanol–water partition coefficient (Wildman–Crippen LogP) is -1.48. The van der Waals surface area contributed by atoms with Crippen LogP contribution >= 0.6 is 11.6 Å². The Balaban J connectivity index is 0.00000169. The van der Waals surface area contributed by atoms with Crippen LogP contribution in [0.5, 0.6) is 0 Å². The first-order valence-electron chi connectivity index (χ1n) is 3.38. The Morgan fingerprint density at radius 3 is 2.50 bits per heavy atom. The number of benzene rings is 1. The van der Waals surface area contributed by atoms with Crippen molar-refractivity contribution >= 4 is 27.6 Å². The summed E-state index contributed by atoms with van der Waals surface area (Å²) in [5.41, 5.74) is 0.853. The van der Waals surface area contributed by atoms with Crippen LogP contribution < -0.4 is 34.3 Å². The minimum atomic E-state index is -4.48. The normalized spacial score (nSPS) is 10.5. The zero-order chi connectivity index (χ0) is 10.1. The molecule has 1 aromatic rings. The van der Waals surface area contributed by atoms with E-state index in [0.717, 1.165) is 0 Å². The molecule has 1 N–H and O–H groups in total. The van der Waals surface area contributed by atoms with Crippen LogP contribution in [0.3, 0.4) is 0 Å². The number of anilines is 1. The smallest absolute Gasteiger partial charge is 0.731 e. The van der Waals surface area contributed by atoms with Gasteiger partial charge in [-0.1, -0.05) is 17.7 Å². The number of halogens is 1. The first-order valence-corrected chi connectivity index (χ1v) is 5.17. The molecule has 0 fully saturated rings. The number of rotatable bonds is 2. The quantitative estimate of drug-likeness (QED) is 0.509. The molecular formula is C7H7ClNNaO3S. The largest absolute Gasteiger partial charge is 1.00 e. The van der Waals surface area contributed by atoms with E-state index in [-0.39, 0.29) is 35.2 Å². The zero-order valence-electron chi connectivity index (χ0n) is 7.74. The molecule has 0 aliphatic rings. The average molecular weight is 244 g/mol. The monoisotopic (exact) mass is 243 g/mol. The molecule has 0 aliphatic carbocycles. The van der Waals surface area contributed by atoms with E-state index in [4.69, 9.17) is 11.6 Å². The number of hydrogen-bond donors (Lipinski definition) is 1. The number of hydrogen-bond acceptors (Lipinski definition) is 3. The van der Waals surface area contributed by atoms with Gasteiger partial charge in [0.2, 0.25) is 0 Å². The van der Waals surface area contributed by atoms with E-state index in [0.29, 0.717) is 10.6 Å². The van der Waals surface area contributed by atoms with Gasteiger partial charge in [0.1, 0.15) is 0 Å². The van der Waals surface area contributed by atoms with Crippen LogP contribution in [0.1, 0.15) is 5.56 Å². The second-order valence-corrected chi connectivity index (χ2v) is 4.06. The fraction of sp³-hybridized carbons (Fsp3) is 0.143. The van der Waals surface area contributed by atoms with Gasteiger partial charge in [-0.25, -0.2) is 8.42 Å². The Hall–Kier alpha value is 0.220. The van der Waals surface area contributed by atoms with Crippen LogP contribution in [0, 0.1) is 6.92 Å². The third-order valence-electron chi connectivity index (χ3n) is 1.43. The van der Waals surface area contributed by atoms with E-state index in [1.165, 1.54) is 6.07 Å². The summed E-state index contributed by atoms with van der Waals surface area (Å²) < 4.78 is 32.9. The van der Waals surface area contributed by atoms with Crippen molar-refractivity contribution in [2.45, 2.75) is 6.92 Å². The van der Waals surface area contributed by atoms with Crippen molar-refractivity contribution in [2.75, 3.05) is 4.72 Å². The van der Waals surface area contributed by atoms with E-state index < -0.39 is 10.3 Å². The Kier molecular flexibility index (Phi) is 5.43. The molecule has 72 valence electrons. The molecule has 1 aromatic carbocycles. The first kappa shape index (κ1) is 14.2. The van der Waals surface area contributed by atoms with Gasteiger partial charge >= 0.3 is 29.6 Å². The maximum Gasteiger partial charge on any atom is 1.00 e. The van der Waals surface area contributed by atoms with Crippen molar-refractivity contribution in [3.8, 4) is 0 Å². The topological polar surface area (TPSA) is 69.2 Å². The Morgan fingerprint density at radius 2 is 2.00 bits per heavy atom. The molecule has 0 aromatic heterocycles. The molecule has 0 saturated heterocycles. The third kappa shape index (κ3) is 4.63. The van der Waals surface area contributed by atoms with Gasteiger partial charge in [0.05, 0.1) is 5.69 Å². The van der Waals surface area contributed by atoms with E-state index in [9.17, 15) is 13.0 Å². The van der Waals surface area contributed by atoms with Crippen LogP contribution in [-0.4, -0.2) is 13.0 Å². The van der Waals surface area contributed by atoms with Gasteiger partial charge in [0, 0.05) is 5.02 Å². The summed E-state index contributed by atoms with van der Waals surface area (Å²) in [7, 11) is -4.48. The Bertz CT molecular complexity index is 421. The minimum absolute atomic E-state index is 0. The number of nitrogens with one attached hydrogen (secondary N) is 1. The van der Waals surface area contributed by atoms with Crippen LogP contribution in [0.2, 0.25) is 5.02 Å². The van der Waals surface area contributed by atoms with Crippen LogP contribution in [-0.2, 0) is 10.3 Å². The van der Waals surface area contributed by atoms with Crippen LogP contribution in [0.25, 0.3) is 0 Å². The Labute approximate surface area is 110 Å². The molecular weight excluding hydrogens is 237 g/mol. The summed E-state index contributed by atoms with van der Waals surface area (Å²) in [5.74, 6) is 0. The average Bonchev–Trinajstić information content (AvgIpc) is 1.94. The summed E-state index contributed by atoms with van der Waals surface area (Å²) in [6.07, 6.45) is 0. The van der Waals surface area contributed by atoms with E-state index in [1.807, 2.05) is 4.72 Å². The van der Waals surface area contributed by atoms with Crippen LogP contribution in [0.4, 0.5) is 5.69 Å². The summed E-state index contributed by atoms with van der Waals surface area (Å²) in [5, 5.41) is 0.372. The Morgan fingerprint density at radius 1 is 1.43 bits per heavy atom. The fourth-order valence-corrected chi connectivity index (χ4v) is 1.50. The first-order chi connectivity index (χ1) is 5.88. The maximum atomic E-state index is 10.4.